The highest BCUT2D eigenvalue weighted by molar-refractivity contribution is 5.70. The summed E-state index contributed by atoms with van der Waals surface area (Å²) < 4.78 is 17.4. The Hall–Kier alpha value is -1.36. The Morgan fingerprint density at radius 3 is 1.10 bits per heavy atom. The van der Waals surface area contributed by atoms with Crippen LogP contribution in [-0.2, 0) is 23.8 Å². The van der Waals surface area contributed by atoms with Crippen LogP contribution in [0, 0.1) is 0 Å². The summed E-state index contributed by atoms with van der Waals surface area (Å²) in [5.74, 6) is -0.387. The van der Waals surface area contributed by atoms with Crippen LogP contribution in [0.25, 0.3) is 0 Å². The number of ether oxygens (including phenoxy) is 3. The molecule has 0 aliphatic heterocycles. The molecule has 0 heterocycles. The lowest BCUT2D eigenvalue weighted by Crippen LogP contribution is -2.30. The van der Waals surface area contributed by atoms with Crippen molar-refractivity contribution in [3.63, 3.8) is 0 Å². The Kier molecular flexibility index (Phi) is 48.8. The molecule has 0 aromatic carbocycles. The summed E-state index contributed by atoms with van der Waals surface area (Å²) in [6.45, 7) is 7.85. The third-order valence-electron chi connectivity index (χ3n) is 11.8. The van der Waals surface area contributed by atoms with E-state index < -0.39 is 6.10 Å². The molecule has 0 aliphatic rings. The van der Waals surface area contributed by atoms with Gasteiger partial charge in [0, 0.05) is 19.4 Å². The van der Waals surface area contributed by atoms with Gasteiger partial charge in [0.2, 0.25) is 0 Å². The molecular weight excluding hydrogens is 717 g/mol. The normalized spacial score (nSPS) is 12.1. The van der Waals surface area contributed by atoms with Gasteiger partial charge in [-0.1, -0.05) is 251 Å². The molecule has 1 unspecified atom stereocenters. The van der Waals surface area contributed by atoms with Gasteiger partial charge in [0.1, 0.15) is 6.61 Å². The van der Waals surface area contributed by atoms with Gasteiger partial charge >= 0.3 is 11.9 Å². The summed E-state index contributed by atoms with van der Waals surface area (Å²) in [6.07, 6.45) is 56.5. The average molecular weight is 819 g/mol. The van der Waals surface area contributed by atoms with Crippen molar-refractivity contribution in [2.24, 2.45) is 0 Å². The fraction of sp³-hybridized carbons (Fsp3) is 0.925. The maximum Gasteiger partial charge on any atom is 0.306 e. The van der Waals surface area contributed by atoms with Crippen LogP contribution in [0.15, 0.2) is 12.2 Å². The number of carbonyl (C=O) groups is 2. The van der Waals surface area contributed by atoms with Crippen LogP contribution in [0.2, 0.25) is 0 Å². The van der Waals surface area contributed by atoms with E-state index >= 15 is 0 Å². The van der Waals surface area contributed by atoms with Crippen LogP contribution in [0.3, 0.4) is 0 Å². The summed E-state index contributed by atoms with van der Waals surface area (Å²) in [4.78, 5) is 25.3. The lowest BCUT2D eigenvalue weighted by molar-refractivity contribution is -0.163. The van der Waals surface area contributed by atoms with Crippen LogP contribution < -0.4 is 0 Å². The molecular formula is C53H102O5. The fourth-order valence-electron chi connectivity index (χ4n) is 7.85. The van der Waals surface area contributed by atoms with E-state index in [-0.39, 0.29) is 18.5 Å². The van der Waals surface area contributed by atoms with Crippen LogP contribution in [-0.4, -0.2) is 37.9 Å². The highest BCUT2D eigenvalue weighted by atomic mass is 16.6. The quantitative estimate of drug-likeness (QED) is 0.0348. The van der Waals surface area contributed by atoms with Crippen LogP contribution in [0.1, 0.15) is 290 Å². The smallest absolute Gasteiger partial charge is 0.306 e. The number of hydrogen-bond acceptors (Lipinski definition) is 5. The predicted molar refractivity (Wildman–Crippen MR) is 252 cm³/mol. The first kappa shape index (κ1) is 56.6. The molecule has 0 bridgehead atoms. The van der Waals surface area contributed by atoms with E-state index in [0.29, 0.717) is 26.1 Å². The van der Waals surface area contributed by atoms with Crippen LogP contribution in [0.5, 0.6) is 0 Å². The minimum absolute atomic E-state index is 0.0913. The monoisotopic (exact) mass is 819 g/mol. The van der Waals surface area contributed by atoms with E-state index in [1.54, 1.807) is 0 Å². The summed E-state index contributed by atoms with van der Waals surface area (Å²) in [7, 11) is 0. The van der Waals surface area contributed by atoms with Gasteiger partial charge in [-0.25, -0.2) is 0 Å². The molecule has 0 rings (SSSR count). The molecule has 0 aromatic rings. The van der Waals surface area contributed by atoms with Gasteiger partial charge in [-0.2, -0.15) is 0 Å². The summed E-state index contributed by atoms with van der Waals surface area (Å²) in [6, 6.07) is 0. The Bertz CT molecular complexity index is 840. The van der Waals surface area contributed by atoms with E-state index in [1.165, 1.54) is 212 Å². The second-order valence-corrected chi connectivity index (χ2v) is 17.8. The van der Waals surface area contributed by atoms with Crippen LogP contribution in [0.4, 0.5) is 0 Å². The molecule has 0 fully saturated rings. The molecule has 5 nitrogen and oxygen atoms in total. The lowest BCUT2D eigenvalue weighted by Gasteiger charge is -2.18. The Morgan fingerprint density at radius 1 is 0.362 bits per heavy atom. The van der Waals surface area contributed by atoms with Crippen LogP contribution >= 0.6 is 0 Å². The van der Waals surface area contributed by atoms with Gasteiger partial charge in [-0.05, 0) is 38.5 Å². The molecule has 5 heteroatoms. The first-order chi connectivity index (χ1) is 28.6. The first-order valence-corrected chi connectivity index (χ1v) is 26.2. The number of rotatable bonds is 49. The number of esters is 2. The largest absolute Gasteiger partial charge is 0.462 e. The number of allylic oxidation sites excluding steroid dienone is 2. The molecule has 0 aliphatic carbocycles. The third-order valence-corrected chi connectivity index (χ3v) is 11.8. The van der Waals surface area contributed by atoms with Crippen molar-refractivity contribution in [1.82, 2.24) is 0 Å². The van der Waals surface area contributed by atoms with Crippen molar-refractivity contribution < 1.29 is 23.8 Å². The molecule has 344 valence electrons. The van der Waals surface area contributed by atoms with Gasteiger partial charge in [-0.15, -0.1) is 0 Å². The van der Waals surface area contributed by atoms with Crippen molar-refractivity contribution in [1.29, 1.82) is 0 Å². The Balaban J connectivity index is 4.16. The van der Waals surface area contributed by atoms with Crippen molar-refractivity contribution in [3.05, 3.63) is 12.2 Å². The molecule has 0 aromatic heterocycles. The van der Waals surface area contributed by atoms with Gasteiger partial charge in [0.15, 0.2) is 6.10 Å². The molecule has 0 N–H and O–H groups in total. The van der Waals surface area contributed by atoms with Gasteiger partial charge in [0.05, 0.1) is 6.61 Å². The maximum atomic E-state index is 12.7. The highest BCUT2D eigenvalue weighted by Crippen LogP contribution is 2.16. The lowest BCUT2D eigenvalue weighted by atomic mass is 10.0. The fourth-order valence-corrected chi connectivity index (χ4v) is 7.85. The van der Waals surface area contributed by atoms with Crippen molar-refractivity contribution in [2.45, 2.75) is 297 Å². The van der Waals surface area contributed by atoms with E-state index in [4.69, 9.17) is 14.2 Å². The van der Waals surface area contributed by atoms with Crippen molar-refractivity contribution >= 4 is 11.9 Å². The first-order valence-electron chi connectivity index (χ1n) is 26.2. The summed E-state index contributed by atoms with van der Waals surface area (Å²) >= 11 is 0. The zero-order chi connectivity index (χ0) is 42.1. The highest BCUT2D eigenvalue weighted by Gasteiger charge is 2.17. The van der Waals surface area contributed by atoms with E-state index in [1.807, 2.05) is 0 Å². The average Bonchev–Trinajstić information content (AvgIpc) is 3.22. The third kappa shape index (κ3) is 47.3. The molecule has 1 atom stereocenters. The summed E-state index contributed by atoms with van der Waals surface area (Å²) in [5.41, 5.74) is 0. The van der Waals surface area contributed by atoms with Crippen molar-refractivity contribution in [2.75, 3.05) is 19.8 Å². The SMILES string of the molecule is CCCC/C=C\CCCCCCCC(=O)OC(COCCCCCCCCCCCCCCCC)COC(=O)CCCCCCCCCCCCCCCCCCC. The predicted octanol–water partition coefficient (Wildman–Crippen LogP) is 17.5. The Morgan fingerprint density at radius 2 is 0.690 bits per heavy atom. The summed E-state index contributed by atoms with van der Waals surface area (Å²) in [5, 5.41) is 0. The molecule has 58 heavy (non-hydrogen) atoms. The molecule has 0 radical (unpaired) electrons. The van der Waals surface area contributed by atoms with Crippen molar-refractivity contribution in [3.8, 4) is 0 Å². The van der Waals surface area contributed by atoms with Gasteiger partial charge in [0.25, 0.3) is 0 Å². The zero-order valence-electron chi connectivity index (χ0n) is 39.6. The number of carbonyl (C=O) groups excluding carboxylic acids is 2. The molecule has 0 spiro atoms. The zero-order valence-corrected chi connectivity index (χ0v) is 39.6. The van der Waals surface area contributed by atoms with E-state index in [2.05, 4.69) is 32.9 Å². The van der Waals surface area contributed by atoms with Gasteiger partial charge < -0.3 is 14.2 Å². The second-order valence-electron chi connectivity index (χ2n) is 17.8. The minimum Gasteiger partial charge on any atom is -0.462 e. The molecule has 0 saturated heterocycles. The topological polar surface area (TPSA) is 61.8 Å². The van der Waals surface area contributed by atoms with Gasteiger partial charge in [-0.3, -0.25) is 9.59 Å². The standard InChI is InChI=1S/C53H102O5/c1-4-7-10-13-16-19-22-24-26-27-28-29-32-34-37-40-43-46-52(54)57-50-51(58-53(55)47-44-41-38-35-31-21-18-15-12-9-6-3)49-56-48-45-42-39-36-33-30-25-23-20-17-14-11-8-5-2/h15,18,51H,4-14,16-17,19-50H2,1-3H3/b18-15-. The van der Waals surface area contributed by atoms with E-state index in [0.717, 1.165) is 44.9 Å². The molecule has 0 amide bonds. The minimum atomic E-state index is -0.530. The maximum absolute atomic E-state index is 12.7. The van der Waals surface area contributed by atoms with E-state index in [9.17, 15) is 9.59 Å². The number of hydrogen-bond donors (Lipinski definition) is 0. The molecule has 0 saturated carbocycles. The second kappa shape index (κ2) is 50.0. The number of unbranched alkanes of at least 4 members (excludes halogenated alkanes) is 36. The Labute approximate surface area is 363 Å².